The number of ketones is 1. The predicted octanol–water partition coefficient (Wildman–Crippen LogP) is 0.229. The van der Waals surface area contributed by atoms with Crippen LogP contribution in [0.3, 0.4) is 0 Å². The minimum Gasteiger partial charge on any atom is -0.481 e. The first kappa shape index (κ1) is 11.6. The number of carbonyl (C=O) groups is 3. The molecule has 0 aliphatic carbocycles. The number of carboxylic acid groups (broad SMARTS) is 1. The Balaban J connectivity index is 4.32. The van der Waals surface area contributed by atoms with Crippen LogP contribution in [-0.4, -0.2) is 29.4 Å². The van der Waals surface area contributed by atoms with Gasteiger partial charge in [0.05, 0.1) is 6.61 Å². The fourth-order valence-electron chi connectivity index (χ4n) is 0.802. The fourth-order valence-corrected chi connectivity index (χ4v) is 0.802. The maximum absolute atomic E-state index is 11.0. The van der Waals surface area contributed by atoms with Crippen LogP contribution in [0.15, 0.2) is 0 Å². The van der Waals surface area contributed by atoms with Gasteiger partial charge in [-0.2, -0.15) is 0 Å². The van der Waals surface area contributed by atoms with Crippen LogP contribution in [0.2, 0.25) is 0 Å². The number of carbonyl (C=O) groups excluding carboxylic acids is 2. The van der Waals surface area contributed by atoms with Crippen LogP contribution in [0.1, 0.15) is 20.3 Å². The van der Waals surface area contributed by atoms with Crippen molar-refractivity contribution < 1.29 is 24.2 Å². The minimum atomic E-state index is -1.36. The molecule has 0 saturated carbocycles. The summed E-state index contributed by atoms with van der Waals surface area (Å²) >= 11 is 0. The summed E-state index contributed by atoms with van der Waals surface area (Å²) in [5, 5.41) is 8.57. The number of hydrogen-bond donors (Lipinski definition) is 1. The number of carboxylic acids is 1. The van der Waals surface area contributed by atoms with E-state index in [1.54, 1.807) is 6.92 Å². The molecule has 0 aromatic rings. The minimum absolute atomic E-state index is 0.112. The normalized spacial score (nSPS) is 11.8. The number of rotatable bonds is 5. The molecule has 0 bridgehead atoms. The second-order valence-corrected chi connectivity index (χ2v) is 2.55. The molecule has 0 aromatic heterocycles. The molecule has 5 heteroatoms. The topological polar surface area (TPSA) is 80.7 Å². The molecule has 0 rings (SSSR count). The van der Waals surface area contributed by atoms with Gasteiger partial charge in [-0.05, 0) is 13.8 Å². The molecule has 0 aliphatic rings. The average Bonchev–Trinajstić information content (AvgIpc) is 1.99. The number of ether oxygens (including phenoxy) is 1. The van der Waals surface area contributed by atoms with Gasteiger partial charge in [0.2, 0.25) is 0 Å². The van der Waals surface area contributed by atoms with Crippen molar-refractivity contribution in [3.8, 4) is 0 Å². The lowest BCUT2D eigenvalue weighted by atomic mass is 10.0. The van der Waals surface area contributed by atoms with Gasteiger partial charge in [-0.25, -0.2) is 0 Å². The number of aliphatic carboxylic acids is 1. The van der Waals surface area contributed by atoms with Crippen LogP contribution >= 0.6 is 0 Å². The zero-order valence-electron chi connectivity index (χ0n) is 7.57. The van der Waals surface area contributed by atoms with E-state index in [0.717, 1.165) is 0 Å². The highest BCUT2D eigenvalue weighted by molar-refractivity contribution is 5.97. The van der Waals surface area contributed by atoms with Gasteiger partial charge in [0.25, 0.3) is 0 Å². The molecular weight excluding hydrogens is 176 g/mol. The molecule has 1 N–H and O–H groups in total. The Labute approximate surface area is 75.7 Å². The van der Waals surface area contributed by atoms with Gasteiger partial charge in [0.15, 0.2) is 5.92 Å². The zero-order chi connectivity index (χ0) is 10.4. The van der Waals surface area contributed by atoms with Crippen molar-refractivity contribution in [3.05, 3.63) is 0 Å². The Hall–Kier alpha value is -1.39. The van der Waals surface area contributed by atoms with Gasteiger partial charge in [0, 0.05) is 6.42 Å². The summed E-state index contributed by atoms with van der Waals surface area (Å²) in [5.41, 5.74) is 0. The second kappa shape index (κ2) is 5.29. The Morgan fingerprint density at radius 1 is 1.38 bits per heavy atom. The average molecular weight is 188 g/mol. The molecule has 5 nitrogen and oxygen atoms in total. The van der Waals surface area contributed by atoms with Crippen LogP contribution in [0, 0.1) is 5.92 Å². The van der Waals surface area contributed by atoms with E-state index in [9.17, 15) is 14.4 Å². The first-order valence-electron chi connectivity index (χ1n) is 3.88. The summed E-state index contributed by atoms with van der Waals surface area (Å²) in [5.74, 6) is -3.89. The van der Waals surface area contributed by atoms with E-state index >= 15 is 0 Å². The molecule has 0 radical (unpaired) electrons. The molecule has 0 aromatic carbocycles. The standard InChI is InChI=1S/C8H12O5/c1-3-13-8(12)6(7(10)11)4-5(2)9/h6H,3-4H2,1-2H3,(H,10,11). The number of esters is 1. The Morgan fingerprint density at radius 3 is 2.23 bits per heavy atom. The Bertz CT molecular complexity index is 221. The molecule has 74 valence electrons. The largest absolute Gasteiger partial charge is 0.481 e. The monoisotopic (exact) mass is 188 g/mol. The third-order valence-corrected chi connectivity index (χ3v) is 1.36. The summed E-state index contributed by atoms with van der Waals surface area (Å²) in [4.78, 5) is 32.1. The van der Waals surface area contributed by atoms with Gasteiger partial charge in [-0.15, -0.1) is 0 Å². The molecule has 0 saturated heterocycles. The van der Waals surface area contributed by atoms with Gasteiger partial charge in [0.1, 0.15) is 5.78 Å². The number of hydrogen-bond acceptors (Lipinski definition) is 4. The highest BCUT2D eigenvalue weighted by Crippen LogP contribution is 2.06. The van der Waals surface area contributed by atoms with Gasteiger partial charge >= 0.3 is 11.9 Å². The first-order chi connectivity index (χ1) is 5.99. The molecule has 1 unspecified atom stereocenters. The van der Waals surface area contributed by atoms with Gasteiger partial charge in [-0.3, -0.25) is 14.4 Å². The smallest absolute Gasteiger partial charge is 0.320 e. The molecule has 1 atom stereocenters. The first-order valence-corrected chi connectivity index (χ1v) is 3.88. The molecular formula is C8H12O5. The van der Waals surface area contributed by atoms with Gasteiger partial charge in [-0.1, -0.05) is 0 Å². The second-order valence-electron chi connectivity index (χ2n) is 2.55. The fraction of sp³-hybridized carbons (Fsp3) is 0.625. The van der Waals surface area contributed by atoms with E-state index in [4.69, 9.17) is 5.11 Å². The van der Waals surface area contributed by atoms with Crippen molar-refractivity contribution in [1.29, 1.82) is 0 Å². The Morgan fingerprint density at radius 2 is 1.92 bits per heavy atom. The summed E-state index contributed by atoms with van der Waals surface area (Å²) in [6.07, 6.45) is -0.311. The van der Waals surface area contributed by atoms with E-state index < -0.39 is 17.9 Å². The Kier molecular flexibility index (Phi) is 4.72. The molecule has 0 fully saturated rings. The predicted molar refractivity (Wildman–Crippen MR) is 43.1 cm³/mol. The lowest BCUT2D eigenvalue weighted by Gasteiger charge is -2.08. The molecule has 0 aliphatic heterocycles. The van der Waals surface area contributed by atoms with E-state index in [-0.39, 0.29) is 18.8 Å². The molecule has 0 amide bonds. The van der Waals surface area contributed by atoms with Crippen molar-refractivity contribution >= 4 is 17.7 Å². The SMILES string of the molecule is CCOC(=O)C(CC(C)=O)C(=O)O. The third-order valence-electron chi connectivity index (χ3n) is 1.36. The summed E-state index contributed by atoms with van der Waals surface area (Å²) in [6.45, 7) is 2.92. The molecule has 0 spiro atoms. The quantitative estimate of drug-likeness (QED) is 0.493. The molecule has 0 heterocycles. The van der Waals surface area contributed by atoms with Crippen molar-refractivity contribution in [2.75, 3.05) is 6.61 Å². The van der Waals surface area contributed by atoms with Crippen molar-refractivity contribution in [2.45, 2.75) is 20.3 Å². The molecule has 13 heavy (non-hydrogen) atoms. The third kappa shape index (κ3) is 4.25. The van der Waals surface area contributed by atoms with Crippen molar-refractivity contribution in [1.82, 2.24) is 0 Å². The van der Waals surface area contributed by atoms with E-state index in [1.165, 1.54) is 6.92 Å². The van der Waals surface area contributed by atoms with Crippen LogP contribution < -0.4 is 0 Å². The maximum Gasteiger partial charge on any atom is 0.320 e. The van der Waals surface area contributed by atoms with E-state index in [1.807, 2.05) is 0 Å². The van der Waals surface area contributed by atoms with Gasteiger partial charge < -0.3 is 9.84 Å². The summed E-state index contributed by atoms with van der Waals surface area (Å²) in [7, 11) is 0. The van der Waals surface area contributed by atoms with Crippen LogP contribution in [-0.2, 0) is 19.1 Å². The summed E-state index contributed by atoms with van der Waals surface area (Å²) < 4.78 is 4.49. The highest BCUT2D eigenvalue weighted by Gasteiger charge is 2.28. The van der Waals surface area contributed by atoms with Crippen molar-refractivity contribution in [3.63, 3.8) is 0 Å². The van der Waals surface area contributed by atoms with Crippen LogP contribution in [0.25, 0.3) is 0 Å². The lowest BCUT2D eigenvalue weighted by molar-refractivity contribution is -0.159. The van der Waals surface area contributed by atoms with Crippen LogP contribution in [0.5, 0.6) is 0 Å². The van der Waals surface area contributed by atoms with E-state index in [2.05, 4.69) is 4.74 Å². The lowest BCUT2D eigenvalue weighted by Crippen LogP contribution is -2.27. The van der Waals surface area contributed by atoms with Crippen molar-refractivity contribution in [2.24, 2.45) is 5.92 Å². The van der Waals surface area contributed by atoms with Crippen LogP contribution in [0.4, 0.5) is 0 Å². The highest BCUT2D eigenvalue weighted by atomic mass is 16.5. The summed E-state index contributed by atoms with van der Waals surface area (Å²) in [6, 6.07) is 0. The van der Waals surface area contributed by atoms with E-state index in [0.29, 0.717) is 0 Å². The maximum atomic E-state index is 11.0. The zero-order valence-corrected chi connectivity index (χ0v) is 7.57. The number of Topliss-reactive ketones (excluding diaryl/α,β-unsaturated/α-hetero) is 1.